The van der Waals surface area contributed by atoms with Crippen molar-refractivity contribution in [2.75, 3.05) is 13.1 Å². The summed E-state index contributed by atoms with van der Waals surface area (Å²) in [6.45, 7) is 4.79. The van der Waals surface area contributed by atoms with Crippen molar-refractivity contribution in [2.45, 2.75) is 13.8 Å². The van der Waals surface area contributed by atoms with Crippen LogP contribution >= 0.6 is 23.2 Å². The summed E-state index contributed by atoms with van der Waals surface area (Å²) < 4.78 is 1.08. The van der Waals surface area contributed by atoms with Crippen LogP contribution in [0, 0.1) is 0 Å². The summed E-state index contributed by atoms with van der Waals surface area (Å²) in [4.78, 5) is 28.1. The molecule has 0 spiro atoms. The van der Waals surface area contributed by atoms with Crippen molar-refractivity contribution in [3.63, 3.8) is 0 Å². The quantitative estimate of drug-likeness (QED) is 0.936. The van der Waals surface area contributed by atoms with E-state index in [9.17, 15) is 9.59 Å². The van der Waals surface area contributed by atoms with Crippen LogP contribution in [0.25, 0.3) is 5.69 Å². The van der Waals surface area contributed by atoms with E-state index in [0.717, 1.165) is 4.68 Å². The predicted molar refractivity (Wildman–Crippen MR) is 81.5 cm³/mol. The molecule has 112 valence electrons. The highest BCUT2D eigenvalue weighted by molar-refractivity contribution is 6.42. The number of nitrogens with one attached hydrogen (secondary N) is 1. The van der Waals surface area contributed by atoms with Gasteiger partial charge in [-0.05, 0) is 32.0 Å². The van der Waals surface area contributed by atoms with Crippen LogP contribution in [0.3, 0.4) is 0 Å². The molecule has 0 radical (unpaired) electrons. The zero-order valence-electron chi connectivity index (χ0n) is 11.6. The topological polar surface area (TPSA) is 71.0 Å². The number of halogens is 2. The molecule has 2 aromatic rings. The molecule has 1 heterocycles. The van der Waals surface area contributed by atoms with E-state index >= 15 is 0 Å². The SMILES string of the molecule is CCN(CC)C(=O)c1nn(-c2ccc(Cl)c(Cl)c2)c(=O)[nH]1. The Hall–Kier alpha value is -1.79. The second kappa shape index (κ2) is 6.32. The summed E-state index contributed by atoms with van der Waals surface area (Å²) in [7, 11) is 0. The summed E-state index contributed by atoms with van der Waals surface area (Å²) in [6, 6.07) is 4.67. The van der Waals surface area contributed by atoms with Gasteiger partial charge in [0.1, 0.15) is 0 Å². The molecule has 8 heteroatoms. The maximum atomic E-state index is 12.2. The van der Waals surface area contributed by atoms with Gasteiger partial charge in [-0.2, -0.15) is 4.68 Å². The minimum Gasteiger partial charge on any atom is -0.336 e. The Morgan fingerprint density at radius 2 is 1.95 bits per heavy atom. The van der Waals surface area contributed by atoms with Crippen molar-refractivity contribution >= 4 is 29.1 Å². The maximum Gasteiger partial charge on any atom is 0.348 e. The van der Waals surface area contributed by atoms with Gasteiger partial charge in [0.2, 0.25) is 5.82 Å². The zero-order chi connectivity index (χ0) is 15.6. The van der Waals surface area contributed by atoms with Crippen molar-refractivity contribution in [1.29, 1.82) is 0 Å². The number of nitrogens with zero attached hydrogens (tertiary/aromatic N) is 3. The Morgan fingerprint density at radius 3 is 2.52 bits per heavy atom. The summed E-state index contributed by atoms with van der Waals surface area (Å²) in [5.74, 6) is -0.328. The molecule has 0 aliphatic carbocycles. The van der Waals surface area contributed by atoms with Crippen LogP contribution in [0.15, 0.2) is 23.0 Å². The molecule has 0 unspecified atom stereocenters. The first-order valence-corrected chi connectivity index (χ1v) is 7.17. The third kappa shape index (κ3) is 3.11. The predicted octanol–water partition coefficient (Wildman–Crippen LogP) is 2.35. The van der Waals surface area contributed by atoms with Gasteiger partial charge in [0, 0.05) is 13.1 Å². The second-order valence-electron chi connectivity index (χ2n) is 4.27. The lowest BCUT2D eigenvalue weighted by Crippen LogP contribution is -2.31. The van der Waals surface area contributed by atoms with Crippen molar-refractivity contribution in [1.82, 2.24) is 19.7 Å². The first kappa shape index (κ1) is 15.6. The average Bonchev–Trinajstić information content (AvgIpc) is 2.85. The Bertz CT molecular complexity index is 719. The van der Waals surface area contributed by atoms with Crippen LogP contribution in [0.4, 0.5) is 0 Å². The number of amides is 1. The van der Waals surface area contributed by atoms with E-state index in [2.05, 4.69) is 10.1 Å². The highest BCUT2D eigenvalue weighted by Gasteiger charge is 2.18. The number of benzene rings is 1. The molecule has 0 atom stereocenters. The van der Waals surface area contributed by atoms with Crippen molar-refractivity contribution in [2.24, 2.45) is 0 Å². The van der Waals surface area contributed by atoms with E-state index in [-0.39, 0.29) is 11.7 Å². The number of aromatic nitrogens is 3. The number of aromatic amines is 1. The molecule has 6 nitrogen and oxygen atoms in total. The van der Waals surface area contributed by atoms with Crippen LogP contribution < -0.4 is 5.69 Å². The van der Waals surface area contributed by atoms with Crippen LogP contribution in [0.2, 0.25) is 10.0 Å². The minimum absolute atomic E-state index is 0.00484. The number of H-pyrrole nitrogens is 1. The fourth-order valence-electron chi connectivity index (χ4n) is 1.87. The van der Waals surface area contributed by atoms with Crippen molar-refractivity contribution in [3.8, 4) is 5.69 Å². The second-order valence-corrected chi connectivity index (χ2v) is 5.08. The number of carbonyl (C=O) groups excluding carboxylic acids is 1. The highest BCUT2D eigenvalue weighted by Crippen LogP contribution is 2.23. The first-order chi connectivity index (χ1) is 9.97. The Balaban J connectivity index is 2.42. The standard InChI is InChI=1S/C13H14Cl2N4O2/c1-3-18(4-2)12(20)11-16-13(21)19(17-11)8-5-6-9(14)10(15)7-8/h5-7H,3-4H2,1-2H3,(H,16,17,21). The lowest BCUT2D eigenvalue weighted by molar-refractivity contribution is 0.0761. The lowest BCUT2D eigenvalue weighted by Gasteiger charge is -2.16. The molecule has 1 N–H and O–H groups in total. The Labute approximate surface area is 131 Å². The lowest BCUT2D eigenvalue weighted by atomic mass is 10.3. The molecule has 1 aromatic heterocycles. The number of hydrogen-bond acceptors (Lipinski definition) is 3. The van der Waals surface area contributed by atoms with E-state index in [1.165, 1.54) is 6.07 Å². The molecule has 0 bridgehead atoms. The zero-order valence-corrected chi connectivity index (χ0v) is 13.1. The van der Waals surface area contributed by atoms with Crippen molar-refractivity contribution in [3.05, 3.63) is 44.6 Å². The molecule has 21 heavy (non-hydrogen) atoms. The smallest absolute Gasteiger partial charge is 0.336 e. The van der Waals surface area contributed by atoms with Gasteiger partial charge in [-0.25, -0.2) is 4.79 Å². The van der Waals surface area contributed by atoms with Gasteiger partial charge >= 0.3 is 5.69 Å². The van der Waals surface area contributed by atoms with Gasteiger partial charge in [-0.3, -0.25) is 9.78 Å². The maximum absolute atomic E-state index is 12.2. The highest BCUT2D eigenvalue weighted by atomic mass is 35.5. The third-order valence-electron chi connectivity index (χ3n) is 3.02. The van der Waals surface area contributed by atoms with Gasteiger partial charge < -0.3 is 4.90 Å². The van der Waals surface area contributed by atoms with Crippen LogP contribution in [0.1, 0.15) is 24.5 Å². The van der Waals surface area contributed by atoms with E-state index in [1.54, 1.807) is 17.0 Å². The summed E-state index contributed by atoms with van der Waals surface area (Å²) in [5.41, 5.74) is -0.0758. The Kier molecular flexibility index (Phi) is 4.69. The average molecular weight is 329 g/mol. The largest absolute Gasteiger partial charge is 0.348 e. The molecule has 1 aromatic carbocycles. The molecule has 0 aliphatic rings. The van der Waals surface area contributed by atoms with E-state index in [0.29, 0.717) is 28.8 Å². The normalized spacial score (nSPS) is 10.7. The van der Waals surface area contributed by atoms with Crippen LogP contribution in [0.5, 0.6) is 0 Å². The van der Waals surface area contributed by atoms with Gasteiger partial charge in [-0.15, -0.1) is 5.10 Å². The fraction of sp³-hybridized carbons (Fsp3) is 0.308. The van der Waals surface area contributed by atoms with Gasteiger partial charge in [-0.1, -0.05) is 23.2 Å². The van der Waals surface area contributed by atoms with E-state index in [4.69, 9.17) is 23.2 Å². The summed E-state index contributed by atoms with van der Waals surface area (Å²) in [6.07, 6.45) is 0. The fourth-order valence-corrected chi connectivity index (χ4v) is 2.17. The molecular formula is C13H14Cl2N4O2. The number of rotatable bonds is 4. The molecule has 2 rings (SSSR count). The van der Waals surface area contributed by atoms with E-state index < -0.39 is 5.69 Å². The molecule has 1 amide bonds. The molecule has 0 saturated heterocycles. The van der Waals surface area contributed by atoms with E-state index in [1.807, 2.05) is 13.8 Å². The monoisotopic (exact) mass is 328 g/mol. The van der Waals surface area contributed by atoms with Gasteiger partial charge in [0.05, 0.1) is 15.7 Å². The van der Waals surface area contributed by atoms with Crippen molar-refractivity contribution < 1.29 is 4.79 Å². The molecule has 0 fully saturated rings. The van der Waals surface area contributed by atoms with Crippen LogP contribution in [-0.2, 0) is 0 Å². The first-order valence-electron chi connectivity index (χ1n) is 6.42. The summed E-state index contributed by atoms with van der Waals surface area (Å²) >= 11 is 11.8. The van der Waals surface area contributed by atoms with Gasteiger partial charge in [0.15, 0.2) is 0 Å². The van der Waals surface area contributed by atoms with Crippen LogP contribution in [-0.4, -0.2) is 38.7 Å². The Morgan fingerprint density at radius 1 is 1.29 bits per heavy atom. The summed E-state index contributed by atoms with van der Waals surface area (Å²) in [5, 5.41) is 4.71. The van der Waals surface area contributed by atoms with Gasteiger partial charge in [0.25, 0.3) is 5.91 Å². The third-order valence-corrected chi connectivity index (χ3v) is 3.76. The molecule has 0 saturated carbocycles. The molecular weight excluding hydrogens is 315 g/mol. The minimum atomic E-state index is -0.510. The number of hydrogen-bond donors (Lipinski definition) is 1. The number of carbonyl (C=O) groups is 1. The molecule has 0 aliphatic heterocycles.